The summed E-state index contributed by atoms with van der Waals surface area (Å²) in [6.45, 7) is 1.70. The summed E-state index contributed by atoms with van der Waals surface area (Å²) < 4.78 is 4.77. The van der Waals surface area contributed by atoms with Crippen molar-refractivity contribution in [3.8, 4) is 0 Å². The van der Waals surface area contributed by atoms with Crippen molar-refractivity contribution in [2.75, 3.05) is 21.3 Å². The number of nitrogens with zero attached hydrogens (tertiary/aromatic N) is 1. The number of likely N-dealkylation sites (N-methyl/N-ethyl adjacent to an activating group) is 1. The summed E-state index contributed by atoms with van der Waals surface area (Å²) in [7, 11) is 4.46. The minimum absolute atomic E-state index is 0.244. The number of ether oxygens (including phenoxy) is 1. The number of hydroxylamine groups is 2. The van der Waals surface area contributed by atoms with Gasteiger partial charge in [0.25, 0.3) is 5.91 Å². The van der Waals surface area contributed by atoms with Crippen molar-refractivity contribution >= 4 is 5.91 Å². The van der Waals surface area contributed by atoms with Gasteiger partial charge in [-0.3, -0.25) is 9.63 Å². The molecule has 64 valence electrons. The van der Waals surface area contributed by atoms with Crippen LogP contribution in [0.1, 0.15) is 6.92 Å². The number of carbonyl (C=O) groups excluding carboxylic acids is 1. The quantitative estimate of drug-likeness (QED) is 0.343. The normalized spacial score (nSPS) is 11.1. The molecule has 0 aliphatic carbocycles. The molecule has 0 heterocycles. The third-order valence-electron chi connectivity index (χ3n) is 1.23. The lowest BCUT2D eigenvalue weighted by atomic mass is 10.4. The zero-order valence-corrected chi connectivity index (χ0v) is 7.25. The summed E-state index contributed by atoms with van der Waals surface area (Å²) in [5.41, 5.74) is 0. The van der Waals surface area contributed by atoms with E-state index in [2.05, 4.69) is 4.84 Å². The first kappa shape index (κ1) is 9.97. The molecule has 0 radical (unpaired) electrons. The molecule has 0 aliphatic heterocycles. The van der Waals surface area contributed by atoms with E-state index in [9.17, 15) is 4.79 Å². The average Bonchev–Trinajstić information content (AvgIpc) is 2.02. The molecule has 0 aromatic carbocycles. The molecule has 0 aromatic rings. The average molecular weight is 159 g/mol. The maximum atomic E-state index is 11.0. The van der Waals surface area contributed by atoms with Crippen molar-refractivity contribution in [1.82, 2.24) is 5.06 Å². The Morgan fingerprint density at radius 3 is 2.36 bits per heavy atom. The van der Waals surface area contributed by atoms with Gasteiger partial charge < -0.3 is 4.74 Å². The predicted molar refractivity (Wildman–Crippen MR) is 40.5 cm³/mol. The van der Waals surface area contributed by atoms with Crippen molar-refractivity contribution in [3.05, 3.63) is 11.8 Å². The molecular formula is C7H13NO3. The predicted octanol–water partition coefficient (Wildman–Crippen LogP) is 0.556. The lowest BCUT2D eigenvalue weighted by molar-refractivity contribution is -0.162. The molecule has 0 bridgehead atoms. The van der Waals surface area contributed by atoms with Crippen molar-refractivity contribution in [3.63, 3.8) is 0 Å². The summed E-state index contributed by atoms with van der Waals surface area (Å²) in [4.78, 5) is 15.6. The zero-order valence-electron chi connectivity index (χ0n) is 7.25. The third kappa shape index (κ3) is 3.62. The van der Waals surface area contributed by atoms with E-state index < -0.39 is 0 Å². The van der Waals surface area contributed by atoms with Gasteiger partial charge in [0.2, 0.25) is 0 Å². The van der Waals surface area contributed by atoms with Crippen molar-refractivity contribution in [2.24, 2.45) is 0 Å². The van der Waals surface area contributed by atoms with Crippen LogP contribution in [0, 0.1) is 0 Å². The Morgan fingerprint density at radius 1 is 1.45 bits per heavy atom. The van der Waals surface area contributed by atoms with Crippen LogP contribution >= 0.6 is 0 Å². The molecule has 1 amide bonds. The number of rotatable bonds is 3. The van der Waals surface area contributed by atoms with E-state index in [1.165, 1.54) is 27.3 Å². The molecule has 0 aromatic heterocycles. The molecule has 0 fully saturated rings. The van der Waals surface area contributed by atoms with E-state index in [-0.39, 0.29) is 5.91 Å². The molecular weight excluding hydrogens is 146 g/mol. The SMILES string of the molecule is CO/C(C)=C/C(=O)N(C)OC. The lowest BCUT2D eigenvalue weighted by Crippen LogP contribution is -2.23. The number of hydrogen-bond acceptors (Lipinski definition) is 3. The van der Waals surface area contributed by atoms with Gasteiger partial charge in [-0.2, -0.15) is 0 Å². The molecule has 4 nitrogen and oxygen atoms in total. The highest BCUT2D eigenvalue weighted by molar-refractivity contribution is 5.86. The monoisotopic (exact) mass is 159 g/mol. The molecule has 0 spiro atoms. The molecule has 0 saturated heterocycles. The fraction of sp³-hybridized carbons (Fsp3) is 0.571. The Bertz CT molecular complexity index is 165. The van der Waals surface area contributed by atoms with E-state index in [1.54, 1.807) is 6.92 Å². The molecule has 0 aliphatic rings. The molecule has 0 unspecified atom stereocenters. The third-order valence-corrected chi connectivity index (χ3v) is 1.23. The summed E-state index contributed by atoms with van der Waals surface area (Å²) in [5.74, 6) is 0.311. The Labute approximate surface area is 66.3 Å². The minimum Gasteiger partial charge on any atom is -0.501 e. The highest BCUT2D eigenvalue weighted by Gasteiger charge is 2.03. The number of hydrogen-bond donors (Lipinski definition) is 0. The van der Waals surface area contributed by atoms with Crippen molar-refractivity contribution < 1.29 is 14.4 Å². The van der Waals surface area contributed by atoms with Crippen LogP contribution < -0.4 is 0 Å². The molecule has 0 saturated carbocycles. The van der Waals surface area contributed by atoms with E-state index in [1.807, 2.05) is 0 Å². The van der Waals surface area contributed by atoms with Crippen LogP contribution in [0.15, 0.2) is 11.8 Å². The van der Waals surface area contributed by atoms with E-state index in [0.29, 0.717) is 5.76 Å². The van der Waals surface area contributed by atoms with Gasteiger partial charge in [-0.05, 0) is 6.92 Å². The van der Waals surface area contributed by atoms with E-state index >= 15 is 0 Å². The van der Waals surface area contributed by atoms with Gasteiger partial charge in [0.15, 0.2) is 0 Å². The van der Waals surface area contributed by atoms with Gasteiger partial charge in [-0.15, -0.1) is 0 Å². The summed E-state index contributed by atoms with van der Waals surface area (Å²) in [6, 6.07) is 0. The number of methoxy groups -OCH3 is 1. The first-order valence-corrected chi connectivity index (χ1v) is 3.16. The van der Waals surface area contributed by atoms with Crippen LogP contribution in [0.25, 0.3) is 0 Å². The lowest BCUT2D eigenvalue weighted by Gasteiger charge is -2.10. The van der Waals surface area contributed by atoms with Crippen LogP contribution in [-0.4, -0.2) is 32.2 Å². The van der Waals surface area contributed by atoms with Crippen molar-refractivity contribution in [1.29, 1.82) is 0 Å². The first-order valence-electron chi connectivity index (χ1n) is 3.16. The smallest absolute Gasteiger partial charge is 0.273 e. The Morgan fingerprint density at radius 2 is 2.00 bits per heavy atom. The van der Waals surface area contributed by atoms with Crippen LogP contribution in [0.2, 0.25) is 0 Å². The summed E-state index contributed by atoms with van der Waals surface area (Å²) in [6.07, 6.45) is 1.35. The minimum atomic E-state index is -0.244. The Hall–Kier alpha value is -1.03. The standard InChI is InChI=1S/C7H13NO3/c1-6(10-3)5-7(9)8(2)11-4/h5H,1-4H3/b6-5+. The maximum absolute atomic E-state index is 11.0. The van der Waals surface area contributed by atoms with Gasteiger partial charge in [0.05, 0.1) is 20.0 Å². The second kappa shape index (κ2) is 4.73. The zero-order chi connectivity index (χ0) is 8.85. The number of carbonyl (C=O) groups is 1. The van der Waals surface area contributed by atoms with Gasteiger partial charge in [0.1, 0.15) is 0 Å². The van der Waals surface area contributed by atoms with Crippen molar-refractivity contribution in [2.45, 2.75) is 6.92 Å². The summed E-state index contributed by atoms with van der Waals surface area (Å²) >= 11 is 0. The molecule has 0 rings (SSSR count). The summed E-state index contributed by atoms with van der Waals surface area (Å²) in [5, 5.41) is 1.11. The molecule has 4 heteroatoms. The first-order chi connectivity index (χ1) is 5.11. The van der Waals surface area contributed by atoms with Gasteiger partial charge in [-0.1, -0.05) is 0 Å². The second-order valence-corrected chi connectivity index (χ2v) is 1.98. The van der Waals surface area contributed by atoms with Crippen LogP contribution in [-0.2, 0) is 14.4 Å². The van der Waals surface area contributed by atoms with Crippen LogP contribution in [0.5, 0.6) is 0 Å². The molecule has 0 atom stereocenters. The highest BCUT2D eigenvalue weighted by atomic mass is 16.7. The van der Waals surface area contributed by atoms with Gasteiger partial charge in [-0.25, -0.2) is 5.06 Å². The Kier molecular flexibility index (Phi) is 4.29. The highest BCUT2D eigenvalue weighted by Crippen LogP contribution is 1.94. The van der Waals surface area contributed by atoms with Gasteiger partial charge >= 0.3 is 0 Å². The fourth-order valence-electron chi connectivity index (χ4n) is 0.414. The largest absolute Gasteiger partial charge is 0.501 e. The number of amides is 1. The van der Waals surface area contributed by atoms with Crippen LogP contribution in [0.4, 0.5) is 0 Å². The fourth-order valence-corrected chi connectivity index (χ4v) is 0.414. The Balaban J connectivity index is 4.05. The topological polar surface area (TPSA) is 38.8 Å². The van der Waals surface area contributed by atoms with E-state index in [4.69, 9.17) is 4.74 Å². The number of allylic oxidation sites excluding steroid dienone is 1. The molecule has 11 heavy (non-hydrogen) atoms. The second-order valence-electron chi connectivity index (χ2n) is 1.98. The van der Waals surface area contributed by atoms with Gasteiger partial charge in [0, 0.05) is 13.1 Å². The van der Waals surface area contributed by atoms with E-state index in [0.717, 1.165) is 5.06 Å². The van der Waals surface area contributed by atoms with Crippen LogP contribution in [0.3, 0.4) is 0 Å². The maximum Gasteiger partial charge on any atom is 0.273 e. The molecule has 0 N–H and O–H groups in total.